The topological polar surface area (TPSA) is 94.1 Å². The molecule has 2 unspecified atom stereocenters. The summed E-state index contributed by atoms with van der Waals surface area (Å²) in [5.41, 5.74) is 0. The van der Waals surface area contributed by atoms with Gasteiger partial charge in [0.2, 0.25) is 0 Å². The molecule has 0 N–H and O–H groups in total. The van der Waals surface area contributed by atoms with E-state index in [1.54, 1.807) is 0 Å². The summed E-state index contributed by atoms with van der Waals surface area (Å²) in [7, 11) is 1.36. The molecule has 9 heteroatoms. The van der Waals surface area contributed by atoms with Crippen molar-refractivity contribution in [3.63, 3.8) is 0 Å². The van der Waals surface area contributed by atoms with Crippen LogP contribution in [0.3, 0.4) is 0 Å². The third-order valence-corrected chi connectivity index (χ3v) is 9.03. The Morgan fingerprint density at radius 1 is 0.652 bits per heavy atom. The molecule has 0 saturated heterocycles. The van der Waals surface area contributed by atoms with Gasteiger partial charge in [0.15, 0.2) is 0 Å². The van der Waals surface area contributed by atoms with Gasteiger partial charge in [0.05, 0.1) is 34.4 Å². The maximum Gasteiger partial charge on any atom is 0.306 e. The average molecular weight is 676 g/mol. The zero-order chi connectivity index (χ0) is 34.2. The summed E-state index contributed by atoms with van der Waals surface area (Å²) in [4.78, 5) is 24.9. The number of quaternary nitrogens is 1. The number of rotatable bonds is 35. The summed E-state index contributed by atoms with van der Waals surface area (Å²) in [6, 6.07) is 0. The Morgan fingerprint density at radius 3 is 1.65 bits per heavy atom. The summed E-state index contributed by atoms with van der Waals surface area (Å²) in [5.74, 6) is -0.343. The van der Waals surface area contributed by atoms with Gasteiger partial charge in [-0.05, 0) is 38.5 Å². The van der Waals surface area contributed by atoms with Gasteiger partial charge < -0.3 is 27.9 Å². The first kappa shape index (κ1) is 45.2. The molecule has 274 valence electrons. The quantitative estimate of drug-likeness (QED) is 0.0217. The Bertz CT molecular complexity index is 756. The number of carbonyl (C=O) groups excluding carboxylic acids is 1. The van der Waals surface area contributed by atoms with E-state index < -0.39 is 13.9 Å². The molecule has 0 spiro atoms. The first-order valence-electron chi connectivity index (χ1n) is 18.9. The van der Waals surface area contributed by atoms with Gasteiger partial charge in [-0.1, -0.05) is 129 Å². The van der Waals surface area contributed by atoms with Crippen LogP contribution in [0.25, 0.3) is 0 Å². The molecule has 0 radical (unpaired) electrons. The number of phosphoric acid groups is 1. The van der Waals surface area contributed by atoms with Gasteiger partial charge in [-0.25, -0.2) is 0 Å². The summed E-state index contributed by atoms with van der Waals surface area (Å²) >= 11 is 0. The molecule has 0 heterocycles. The molecular weight excluding hydrogens is 601 g/mol. The van der Waals surface area contributed by atoms with Crippen LogP contribution >= 0.6 is 7.82 Å². The number of carbonyl (C=O) groups is 1. The third-order valence-electron chi connectivity index (χ3n) is 8.07. The van der Waals surface area contributed by atoms with Crippen LogP contribution in [0.5, 0.6) is 0 Å². The molecule has 0 aromatic heterocycles. The molecule has 0 aromatic rings. The second-order valence-corrected chi connectivity index (χ2v) is 15.4. The lowest BCUT2D eigenvalue weighted by molar-refractivity contribution is -0.870. The smallest absolute Gasteiger partial charge is 0.306 e. The van der Waals surface area contributed by atoms with E-state index in [1.807, 2.05) is 21.1 Å². The maximum absolute atomic E-state index is 12.6. The SMILES string of the molecule is CCCCCCCC/C=C\CCCCCCCC(=O)OC(COCCCCCCCCCCC)COP(=O)([O-])OCC[N+](C)(C)C. The molecule has 0 aliphatic carbocycles. The fraction of sp³-hybridized carbons (Fsp3) is 0.919. The number of likely N-dealkylation sites (N-methyl/N-ethyl adjacent to an activating group) is 1. The van der Waals surface area contributed by atoms with E-state index in [0.29, 0.717) is 24.1 Å². The van der Waals surface area contributed by atoms with Crippen molar-refractivity contribution in [2.45, 2.75) is 168 Å². The largest absolute Gasteiger partial charge is 0.756 e. The van der Waals surface area contributed by atoms with Crippen molar-refractivity contribution >= 4 is 13.8 Å². The number of nitrogens with zero attached hydrogens (tertiary/aromatic N) is 1. The number of allylic oxidation sites excluding steroid dienone is 2. The number of unbranched alkanes of at least 4 members (excludes halogenated alkanes) is 19. The Hall–Kier alpha value is -0.760. The Balaban J connectivity index is 4.28. The van der Waals surface area contributed by atoms with Gasteiger partial charge in [-0.3, -0.25) is 9.36 Å². The minimum atomic E-state index is -4.51. The van der Waals surface area contributed by atoms with E-state index >= 15 is 0 Å². The van der Waals surface area contributed by atoms with Crippen molar-refractivity contribution in [1.29, 1.82) is 0 Å². The molecule has 0 rings (SSSR count). The van der Waals surface area contributed by atoms with Crippen molar-refractivity contribution < 1.29 is 37.3 Å². The molecule has 0 saturated carbocycles. The molecule has 8 nitrogen and oxygen atoms in total. The van der Waals surface area contributed by atoms with Gasteiger partial charge in [-0.2, -0.15) is 0 Å². The zero-order valence-electron chi connectivity index (χ0n) is 30.8. The van der Waals surface area contributed by atoms with E-state index in [1.165, 1.54) is 96.3 Å². The van der Waals surface area contributed by atoms with Crippen molar-refractivity contribution in [3.05, 3.63) is 12.2 Å². The molecule has 0 amide bonds. The molecule has 0 fully saturated rings. The highest BCUT2D eigenvalue weighted by Gasteiger charge is 2.20. The maximum atomic E-state index is 12.6. The summed E-state index contributed by atoms with van der Waals surface area (Å²) in [6.45, 7) is 5.39. The predicted molar refractivity (Wildman–Crippen MR) is 190 cm³/mol. The molecule has 0 aliphatic heterocycles. The van der Waals surface area contributed by atoms with Crippen molar-refractivity contribution in [1.82, 2.24) is 0 Å². The van der Waals surface area contributed by atoms with Crippen LogP contribution in [0, 0.1) is 0 Å². The fourth-order valence-electron chi connectivity index (χ4n) is 5.07. The van der Waals surface area contributed by atoms with Gasteiger partial charge in [-0.15, -0.1) is 0 Å². The molecule has 2 atom stereocenters. The molecule has 0 aliphatic rings. The fourth-order valence-corrected chi connectivity index (χ4v) is 5.80. The second kappa shape index (κ2) is 31.5. The summed E-state index contributed by atoms with van der Waals surface area (Å²) < 4.78 is 34.3. The number of phosphoric ester groups is 1. The van der Waals surface area contributed by atoms with E-state index in [2.05, 4.69) is 26.0 Å². The van der Waals surface area contributed by atoms with Gasteiger partial charge in [0.1, 0.15) is 19.3 Å². The predicted octanol–water partition coefficient (Wildman–Crippen LogP) is 9.69. The lowest BCUT2D eigenvalue weighted by Crippen LogP contribution is -2.37. The van der Waals surface area contributed by atoms with Crippen LogP contribution in [0.2, 0.25) is 0 Å². The zero-order valence-corrected chi connectivity index (χ0v) is 31.7. The normalized spacial score (nSPS) is 14.1. The minimum absolute atomic E-state index is 0.0271. The average Bonchev–Trinajstić information content (AvgIpc) is 2.99. The highest BCUT2D eigenvalue weighted by atomic mass is 31.2. The van der Waals surface area contributed by atoms with Crippen LogP contribution in [0.1, 0.15) is 162 Å². The Morgan fingerprint density at radius 2 is 1.13 bits per heavy atom. The molecule has 46 heavy (non-hydrogen) atoms. The number of esters is 1. The van der Waals surface area contributed by atoms with Crippen LogP contribution in [-0.2, 0) is 27.9 Å². The lowest BCUT2D eigenvalue weighted by atomic mass is 10.1. The van der Waals surface area contributed by atoms with Crippen LogP contribution in [0.4, 0.5) is 0 Å². The van der Waals surface area contributed by atoms with E-state index in [-0.39, 0.29) is 25.8 Å². The number of hydrogen-bond donors (Lipinski definition) is 0. The first-order chi connectivity index (χ1) is 22.1. The first-order valence-corrected chi connectivity index (χ1v) is 20.4. The van der Waals surface area contributed by atoms with Crippen LogP contribution < -0.4 is 4.89 Å². The molecule has 0 bridgehead atoms. The minimum Gasteiger partial charge on any atom is -0.756 e. The number of hydrogen-bond acceptors (Lipinski definition) is 7. The Labute approximate surface area is 284 Å². The lowest BCUT2D eigenvalue weighted by Gasteiger charge is -2.28. The third kappa shape index (κ3) is 34.6. The second-order valence-electron chi connectivity index (χ2n) is 13.9. The van der Waals surface area contributed by atoms with Gasteiger partial charge >= 0.3 is 5.97 Å². The summed E-state index contributed by atoms with van der Waals surface area (Å²) in [5, 5.41) is 0. The summed E-state index contributed by atoms with van der Waals surface area (Å²) in [6.07, 6.45) is 30.7. The molecule has 0 aromatic carbocycles. The van der Waals surface area contributed by atoms with Gasteiger partial charge in [0.25, 0.3) is 7.82 Å². The highest BCUT2D eigenvalue weighted by molar-refractivity contribution is 7.45. The van der Waals surface area contributed by atoms with Crippen molar-refractivity contribution in [2.24, 2.45) is 0 Å². The number of ether oxygens (including phenoxy) is 2. The monoisotopic (exact) mass is 676 g/mol. The van der Waals surface area contributed by atoms with Crippen LogP contribution in [-0.4, -0.2) is 70.7 Å². The van der Waals surface area contributed by atoms with E-state index in [0.717, 1.165) is 44.9 Å². The Kier molecular flexibility index (Phi) is 31.0. The van der Waals surface area contributed by atoms with Gasteiger partial charge in [0, 0.05) is 13.0 Å². The van der Waals surface area contributed by atoms with E-state index in [9.17, 15) is 14.3 Å². The van der Waals surface area contributed by atoms with Crippen molar-refractivity contribution in [3.8, 4) is 0 Å². The van der Waals surface area contributed by atoms with Crippen molar-refractivity contribution in [2.75, 3.05) is 54.1 Å². The van der Waals surface area contributed by atoms with E-state index in [4.69, 9.17) is 18.5 Å². The standard InChI is InChI=1S/C37H74NO7P/c1-6-8-10-12-14-16-17-18-19-20-21-22-24-26-28-30-37(39)45-36(35-44-46(40,41)43-33-31-38(3,4)5)34-42-32-29-27-25-23-15-13-11-9-7-2/h18-19,36H,6-17,20-35H2,1-5H3/b19-18-. The van der Waals surface area contributed by atoms with Crippen LogP contribution in [0.15, 0.2) is 12.2 Å². The molecular formula is C37H74NO7P. The highest BCUT2D eigenvalue weighted by Crippen LogP contribution is 2.38.